The highest BCUT2D eigenvalue weighted by molar-refractivity contribution is 5.94. The first-order valence-corrected chi connectivity index (χ1v) is 6.79. The highest BCUT2D eigenvalue weighted by Gasteiger charge is 2.26. The molecule has 0 spiro atoms. The number of carbonyl (C=O) groups excluding carboxylic acids is 2. The number of aromatic nitrogens is 1. The first-order chi connectivity index (χ1) is 9.72. The Kier molecular flexibility index (Phi) is 4.92. The zero-order chi connectivity index (χ0) is 14.4. The fourth-order valence-corrected chi connectivity index (χ4v) is 2.01. The van der Waals surface area contributed by atoms with Gasteiger partial charge in [-0.05, 0) is 38.3 Å². The number of rotatable bonds is 4. The molecule has 1 aliphatic rings. The lowest BCUT2D eigenvalue weighted by molar-refractivity contribution is -0.129. The molecular weight excluding hydrogens is 260 g/mol. The summed E-state index contributed by atoms with van der Waals surface area (Å²) in [6, 6.07) is 3.21. The second-order valence-electron chi connectivity index (χ2n) is 4.47. The number of amides is 1. The van der Waals surface area contributed by atoms with Crippen LogP contribution in [-0.2, 0) is 9.53 Å². The zero-order valence-corrected chi connectivity index (χ0v) is 11.4. The number of esters is 1. The Labute approximate surface area is 117 Å². The van der Waals surface area contributed by atoms with E-state index in [2.05, 4.69) is 10.3 Å². The summed E-state index contributed by atoms with van der Waals surface area (Å²) in [5.74, 6) is -0.588. The third kappa shape index (κ3) is 3.46. The fourth-order valence-electron chi connectivity index (χ4n) is 2.01. The molecule has 0 bridgehead atoms. The van der Waals surface area contributed by atoms with Crippen molar-refractivity contribution >= 4 is 11.9 Å². The third-order valence-corrected chi connectivity index (χ3v) is 3.01. The SMILES string of the molecule is CCOc1ncccc1C(=O)OC1CCCCNC1=O. The van der Waals surface area contributed by atoms with Gasteiger partial charge in [0, 0.05) is 12.7 Å². The molecule has 2 rings (SSSR count). The van der Waals surface area contributed by atoms with Crippen LogP contribution in [0.5, 0.6) is 5.88 Å². The zero-order valence-electron chi connectivity index (χ0n) is 11.4. The summed E-state index contributed by atoms with van der Waals surface area (Å²) < 4.78 is 10.6. The molecule has 1 unspecified atom stereocenters. The van der Waals surface area contributed by atoms with E-state index in [4.69, 9.17) is 9.47 Å². The van der Waals surface area contributed by atoms with E-state index in [1.54, 1.807) is 18.3 Å². The van der Waals surface area contributed by atoms with Crippen LogP contribution < -0.4 is 10.1 Å². The van der Waals surface area contributed by atoms with Gasteiger partial charge in [0.15, 0.2) is 6.10 Å². The van der Waals surface area contributed by atoms with Gasteiger partial charge in [-0.2, -0.15) is 0 Å². The molecule has 1 N–H and O–H groups in total. The maximum Gasteiger partial charge on any atom is 0.344 e. The maximum atomic E-state index is 12.1. The van der Waals surface area contributed by atoms with Crippen molar-refractivity contribution < 1.29 is 19.1 Å². The van der Waals surface area contributed by atoms with E-state index >= 15 is 0 Å². The molecule has 1 saturated heterocycles. The normalized spacial score (nSPS) is 18.9. The standard InChI is InChI=1S/C14H18N2O4/c1-2-19-13-10(6-5-9-16-13)14(18)20-11-7-3-4-8-15-12(11)17/h5-6,9,11H,2-4,7-8H2,1H3,(H,15,17). The molecule has 108 valence electrons. The van der Waals surface area contributed by atoms with E-state index in [1.165, 1.54) is 0 Å². The molecule has 1 fully saturated rings. The number of ether oxygens (including phenoxy) is 2. The second kappa shape index (κ2) is 6.88. The van der Waals surface area contributed by atoms with Gasteiger partial charge >= 0.3 is 5.97 Å². The van der Waals surface area contributed by atoms with E-state index in [1.807, 2.05) is 6.92 Å². The molecule has 1 aliphatic heterocycles. The van der Waals surface area contributed by atoms with Gasteiger partial charge in [0.2, 0.25) is 5.88 Å². The van der Waals surface area contributed by atoms with E-state index in [-0.39, 0.29) is 17.4 Å². The molecular formula is C14H18N2O4. The van der Waals surface area contributed by atoms with Crippen molar-refractivity contribution in [2.45, 2.75) is 32.3 Å². The predicted octanol–water partition coefficient (Wildman–Crippen LogP) is 1.31. The van der Waals surface area contributed by atoms with Crippen LogP contribution in [0.4, 0.5) is 0 Å². The van der Waals surface area contributed by atoms with E-state index in [9.17, 15) is 9.59 Å². The number of hydrogen-bond acceptors (Lipinski definition) is 5. The van der Waals surface area contributed by atoms with Crippen molar-refractivity contribution in [3.63, 3.8) is 0 Å². The Morgan fingerprint density at radius 1 is 1.50 bits per heavy atom. The fraction of sp³-hybridized carbons (Fsp3) is 0.500. The van der Waals surface area contributed by atoms with E-state index in [0.29, 0.717) is 19.6 Å². The van der Waals surface area contributed by atoms with Crippen molar-refractivity contribution in [3.8, 4) is 5.88 Å². The van der Waals surface area contributed by atoms with Gasteiger partial charge in [-0.3, -0.25) is 4.79 Å². The molecule has 6 heteroatoms. The number of nitrogens with zero attached hydrogens (tertiary/aromatic N) is 1. The van der Waals surface area contributed by atoms with E-state index < -0.39 is 12.1 Å². The molecule has 1 atom stereocenters. The minimum absolute atomic E-state index is 0.231. The average molecular weight is 278 g/mol. The number of carbonyl (C=O) groups is 2. The lowest BCUT2D eigenvalue weighted by Gasteiger charge is -2.15. The lowest BCUT2D eigenvalue weighted by atomic mass is 10.2. The van der Waals surface area contributed by atoms with Gasteiger partial charge in [0.1, 0.15) is 5.56 Å². The Bertz CT molecular complexity index is 490. The molecule has 0 aromatic carbocycles. The molecule has 20 heavy (non-hydrogen) atoms. The van der Waals surface area contributed by atoms with Crippen LogP contribution in [0.15, 0.2) is 18.3 Å². The minimum Gasteiger partial charge on any atom is -0.477 e. The van der Waals surface area contributed by atoms with Crippen LogP contribution in [-0.4, -0.2) is 36.1 Å². The lowest BCUT2D eigenvalue weighted by Crippen LogP contribution is -2.36. The Morgan fingerprint density at radius 2 is 2.35 bits per heavy atom. The summed E-state index contributed by atoms with van der Waals surface area (Å²) in [5.41, 5.74) is 0.242. The van der Waals surface area contributed by atoms with Crippen molar-refractivity contribution in [2.24, 2.45) is 0 Å². The van der Waals surface area contributed by atoms with E-state index in [0.717, 1.165) is 12.8 Å². The van der Waals surface area contributed by atoms with Crippen molar-refractivity contribution in [2.75, 3.05) is 13.2 Å². The molecule has 0 aliphatic carbocycles. The topological polar surface area (TPSA) is 77.5 Å². The smallest absolute Gasteiger partial charge is 0.344 e. The Morgan fingerprint density at radius 3 is 3.15 bits per heavy atom. The molecule has 1 amide bonds. The van der Waals surface area contributed by atoms with Crippen molar-refractivity contribution in [1.29, 1.82) is 0 Å². The largest absolute Gasteiger partial charge is 0.477 e. The number of nitrogens with one attached hydrogen (secondary N) is 1. The summed E-state index contributed by atoms with van der Waals surface area (Å²) in [5, 5.41) is 2.73. The van der Waals surface area contributed by atoms with Crippen molar-refractivity contribution in [3.05, 3.63) is 23.9 Å². The quantitative estimate of drug-likeness (QED) is 0.840. The molecule has 6 nitrogen and oxygen atoms in total. The van der Waals surface area contributed by atoms with Crippen LogP contribution in [0.1, 0.15) is 36.5 Å². The number of hydrogen-bond donors (Lipinski definition) is 1. The average Bonchev–Trinajstić information content (AvgIpc) is 2.65. The summed E-state index contributed by atoms with van der Waals surface area (Å²) in [6.07, 6.45) is 3.10. The van der Waals surface area contributed by atoms with Gasteiger partial charge in [-0.1, -0.05) is 0 Å². The second-order valence-corrected chi connectivity index (χ2v) is 4.47. The van der Waals surface area contributed by atoms with Crippen LogP contribution in [0.25, 0.3) is 0 Å². The van der Waals surface area contributed by atoms with Crippen LogP contribution in [0, 0.1) is 0 Å². The predicted molar refractivity (Wildman–Crippen MR) is 71.5 cm³/mol. The third-order valence-electron chi connectivity index (χ3n) is 3.01. The van der Waals surface area contributed by atoms with Gasteiger partial charge in [0.25, 0.3) is 5.91 Å². The Balaban J connectivity index is 2.09. The summed E-state index contributed by atoms with van der Waals surface area (Å²) in [6.45, 7) is 2.84. The van der Waals surface area contributed by atoms with Gasteiger partial charge in [-0.15, -0.1) is 0 Å². The highest BCUT2D eigenvalue weighted by atomic mass is 16.6. The summed E-state index contributed by atoms with van der Waals surface area (Å²) >= 11 is 0. The van der Waals surface area contributed by atoms with Gasteiger partial charge in [0.05, 0.1) is 6.61 Å². The van der Waals surface area contributed by atoms with Gasteiger partial charge < -0.3 is 14.8 Å². The summed E-state index contributed by atoms with van der Waals surface area (Å²) in [7, 11) is 0. The molecule has 2 heterocycles. The molecule has 1 aromatic heterocycles. The van der Waals surface area contributed by atoms with Gasteiger partial charge in [-0.25, -0.2) is 9.78 Å². The minimum atomic E-state index is -0.736. The monoisotopic (exact) mass is 278 g/mol. The highest BCUT2D eigenvalue weighted by Crippen LogP contribution is 2.18. The number of pyridine rings is 1. The van der Waals surface area contributed by atoms with Crippen molar-refractivity contribution in [1.82, 2.24) is 10.3 Å². The first-order valence-electron chi connectivity index (χ1n) is 6.79. The van der Waals surface area contributed by atoms with Crippen LogP contribution in [0.3, 0.4) is 0 Å². The molecule has 0 radical (unpaired) electrons. The van der Waals surface area contributed by atoms with Crippen LogP contribution in [0.2, 0.25) is 0 Å². The first kappa shape index (κ1) is 14.3. The maximum absolute atomic E-state index is 12.1. The van der Waals surface area contributed by atoms with Crippen LogP contribution >= 0.6 is 0 Å². The Hall–Kier alpha value is -2.11. The molecule has 0 saturated carbocycles. The molecule has 1 aromatic rings. The summed E-state index contributed by atoms with van der Waals surface area (Å²) in [4.78, 5) is 27.9.